The number of hydrogen-bond acceptors (Lipinski definition) is 2. The van der Waals surface area contributed by atoms with Crippen LogP contribution in [0.15, 0.2) is 24.3 Å². The number of halogens is 3. The van der Waals surface area contributed by atoms with Crippen molar-refractivity contribution in [3.8, 4) is 10.4 Å². The van der Waals surface area contributed by atoms with Gasteiger partial charge in [-0.1, -0.05) is 44.0 Å². The van der Waals surface area contributed by atoms with E-state index in [0.717, 1.165) is 17.0 Å². The zero-order valence-electron chi connectivity index (χ0n) is 12.2. The van der Waals surface area contributed by atoms with Crippen LogP contribution in [0.5, 0.6) is 0 Å². The summed E-state index contributed by atoms with van der Waals surface area (Å²) < 4.78 is 13.5. The van der Waals surface area contributed by atoms with E-state index in [1.54, 1.807) is 23.5 Å². The second-order valence-electron chi connectivity index (χ2n) is 5.24. The third-order valence-corrected chi connectivity index (χ3v) is 5.06. The minimum absolute atomic E-state index is 0.0551. The molecule has 114 valence electrons. The van der Waals surface area contributed by atoms with Crippen molar-refractivity contribution >= 4 is 34.5 Å². The van der Waals surface area contributed by atoms with Crippen molar-refractivity contribution in [2.75, 3.05) is 6.54 Å². The van der Waals surface area contributed by atoms with Crippen molar-refractivity contribution in [2.45, 2.75) is 26.8 Å². The van der Waals surface area contributed by atoms with E-state index in [1.165, 1.54) is 4.88 Å². The van der Waals surface area contributed by atoms with Gasteiger partial charge in [0, 0.05) is 15.8 Å². The second kappa shape index (κ2) is 7.10. The van der Waals surface area contributed by atoms with Crippen LogP contribution in [0.1, 0.15) is 31.7 Å². The first kappa shape index (κ1) is 16.8. The fourth-order valence-corrected chi connectivity index (χ4v) is 3.99. The van der Waals surface area contributed by atoms with Crippen LogP contribution >= 0.6 is 34.5 Å². The maximum Gasteiger partial charge on any atom is 0.160 e. The SMILES string of the molecule is CCNC(c1ccc(-c2cc(Cl)c(F)c(Cl)c2)s1)C(C)C. The predicted molar refractivity (Wildman–Crippen MR) is 91.0 cm³/mol. The fourth-order valence-electron chi connectivity index (χ4n) is 2.26. The molecule has 0 radical (unpaired) electrons. The molecule has 0 spiro atoms. The Morgan fingerprint density at radius 1 is 1.19 bits per heavy atom. The number of benzene rings is 1. The Balaban J connectivity index is 2.35. The maximum absolute atomic E-state index is 13.5. The Hall–Kier alpha value is -0.610. The molecule has 0 bridgehead atoms. The van der Waals surface area contributed by atoms with Gasteiger partial charge in [-0.3, -0.25) is 0 Å². The minimum Gasteiger partial charge on any atom is -0.309 e. The van der Waals surface area contributed by atoms with E-state index in [0.29, 0.717) is 12.0 Å². The lowest BCUT2D eigenvalue weighted by molar-refractivity contribution is 0.428. The van der Waals surface area contributed by atoms with E-state index in [1.807, 2.05) is 6.07 Å². The zero-order valence-corrected chi connectivity index (χ0v) is 14.5. The summed E-state index contributed by atoms with van der Waals surface area (Å²) in [4.78, 5) is 2.30. The summed E-state index contributed by atoms with van der Waals surface area (Å²) in [7, 11) is 0. The summed E-state index contributed by atoms with van der Waals surface area (Å²) in [6, 6.07) is 7.71. The first-order valence-electron chi connectivity index (χ1n) is 6.92. The van der Waals surface area contributed by atoms with Crippen LogP contribution < -0.4 is 5.32 Å². The molecule has 1 aromatic carbocycles. The topological polar surface area (TPSA) is 12.0 Å². The Labute approximate surface area is 139 Å². The largest absolute Gasteiger partial charge is 0.309 e. The molecule has 0 aliphatic heterocycles. The minimum atomic E-state index is -0.563. The Morgan fingerprint density at radius 2 is 1.81 bits per heavy atom. The predicted octanol–water partition coefficient (Wildman–Crippen LogP) is 6.17. The normalized spacial score (nSPS) is 12.9. The van der Waals surface area contributed by atoms with E-state index in [-0.39, 0.29) is 10.0 Å². The van der Waals surface area contributed by atoms with E-state index >= 15 is 0 Å². The summed E-state index contributed by atoms with van der Waals surface area (Å²) in [6.45, 7) is 7.41. The van der Waals surface area contributed by atoms with Crippen LogP contribution in [0.3, 0.4) is 0 Å². The number of nitrogens with one attached hydrogen (secondary N) is 1. The van der Waals surface area contributed by atoms with Gasteiger partial charge in [0.2, 0.25) is 0 Å². The third-order valence-electron chi connectivity index (χ3n) is 3.29. The molecule has 0 saturated carbocycles. The highest BCUT2D eigenvalue weighted by Crippen LogP contribution is 2.37. The van der Waals surface area contributed by atoms with Crippen molar-refractivity contribution in [3.05, 3.63) is 45.0 Å². The van der Waals surface area contributed by atoms with Crippen LogP contribution in [0, 0.1) is 11.7 Å². The molecule has 1 nitrogen and oxygen atoms in total. The molecule has 2 rings (SSSR count). The zero-order chi connectivity index (χ0) is 15.6. The first-order valence-corrected chi connectivity index (χ1v) is 8.49. The quantitative estimate of drug-likeness (QED) is 0.639. The molecule has 1 unspecified atom stereocenters. The molecule has 5 heteroatoms. The molecule has 1 heterocycles. The van der Waals surface area contributed by atoms with Crippen molar-refractivity contribution < 1.29 is 4.39 Å². The standard InChI is InChI=1S/C16H18Cl2FNS/c1-4-20-16(9(2)3)14-6-5-13(21-14)10-7-11(17)15(19)12(18)8-10/h5-9,16,20H,4H2,1-3H3. The summed E-state index contributed by atoms with van der Waals surface area (Å²) in [5.74, 6) is -0.0663. The highest BCUT2D eigenvalue weighted by molar-refractivity contribution is 7.15. The van der Waals surface area contributed by atoms with Gasteiger partial charge in [0.1, 0.15) is 0 Å². The van der Waals surface area contributed by atoms with Gasteiger partial charge in [0.05, 0.1) is 10.0 Å². The highest BCUT2D eigenvalue weighted by atomic mass is 35.5. The molecule has 2 aromatic rings. The van der Waals surface area contributed by atoms with Gasteiger partial charge in [-0.15, -0.1) is 11.3 Å². The molecular weight excluding hydrogens is 328 g/mol. The Kier molecular flexibility index (Phi) is 5.67. The number of hydrogen-bond donors (Lipinski definition) is 1. The van der Waals surface area contributed by atoms with Gasteiger partial charge in [-0.05, 0) is 42.3 Å². The van der Waals surface area contributed by atoms with Crippen LogP contribution in [0.4, 0.5) is 4.39 Å². The van der Waals surface area contributed by atoms with E-state index in [4.69, 9.17) is 23.2 Å². The molecular formula is C16H18Cl2FNS. The van der Waals surface area contributed by atoms with Gasteiger partial charge in [-0.2, -0.15) is 0 Å². The smallest absolute Gasteiger partial charge is 0.160 e. The van der Waals surface area contributed by atoms with E-state index in [2.05, 4.69) is 32.2 Å². The van der Waals surface area contributed by atoms with Gasteiger partial charge >= 0.3 is 0 Å². The van der Waals surface area contributed by atoms with Crippen LogP contribution in [0.2, 0.25) is 10.0 Å². The monoisotopic (exact) mass is 345 g/mol. The van der Waals surface area contributed by atoms with Crippen molar-refractivity contribution in [2.24, 2.45) is 5.92 Å². The lowest BCUT2D eigenvalue weighted by Crippen LogP contribution is -2.24. The molecule has 0 aliphatic rings. The molecule has 0 aliphatic carbocycles. The Morgan fingerprint density at radius 3 is 2.33 bits per heavy atom. The third kappa shape index (κ3) is 3.78. The molecule has 0 fully saturated rings. The highest BCUT2D eigenvalue weighted by Gasteiger charge is 2.18. The second-order valence-corrected chi connectivity index (χ2v) is 7.17. The fraction of sp³-hybridized carbons (Fsp3) is 0.375. The maximum atomic E-state index is 13.5. The van der Waals surface area contributed by atoms with E-state index in [9.17, 15) is 4.39 Å². The summed E-state index contributed by atoms with van der Waals surface area (Å²) in [5.41, 5.74) is 0.849. The van der Waals surface area contributed by atoms with Gasteiger partial charge in [-0.25, -0.2) is 4.39 Å². The average molecular weight is 346 g/mol. The van der Waals surface area contributed by atoms with Crippen molar-refractivity contribution in [3.63, 3.8) is 0 Å². The lowest BCUT2D eigenvalue weighted by Gasteiger charge is -2.20. The van der Waals surface area contributed by atoms with Gasteiger partial charge in [0.15, 0.2) is 5.82 Å². The van der Waals surface area contributed by atoms with Crippen LogP contribution in [-0.2, 0) is 0 Å². The summed E-state index contributed by atoms with van der Waals surface area (Å²) >= 11 is 13.4. The molecule has 0 saturated heterocycles. The Bertz CT molecular complexity index is 601. The molecule has 1 N–H and O–H groups in total. The van der Waals surface area contributed by atoms with E-state index < -0.39 is 5.82 Å². The van der Waals surface area contributed by atoms with Crippen LogP contribution in [-0.4, -0.2) is 6.54 Å². The molecule has 0 amide bonds. The first-order chi connectivity index (χ1) is 9.93. The molecule has 21 heavy (non-hydrogen) atoms. The number of rotatable bonds is 5. The average Bonchev–Trinajstić information content (AvgIpc) is 2.90. The lowest BCUT2D eigenvalue weighted by atomic mass is 10.0. The molecule has 1 aromatic heterocycles. The number of thiophene rings is 1. The van der Waals surface area contributed by atoms with Crippen molar-refractivity contribution in [1.82, 2.24) is 5.32 Å². The van der Waals surface area contributed by atoms with Crippen molar-refractivity contribution in [1.29, 1.82) is 0 Å². The molecule has 1 atom stereocenters. The van der Waals surface area contributed by atoms with Crippen LogP contribution in [0.25, 0.3) is 10.4 Å². The summed E-state index contributed by atoms with van der Waals surface area (Å²) in [6.07, 6.45) is 0. The summed E-state index contributed by atoms with van der Waals surface area (Å²) in [5, 5.41) is 3.60. The van der Waals surface area contributed by atoms with Gasteiger partial charge in [0.25, 0.3) is 0 Å². The van der Waals surface area contributed by atoms with Gasteiger partial charge < -0.3 is 5.32 Å².